The molecule has 1 unspecified atom stereocenters. The maximum atomic E-state index is 12.2. The number of nitrogens with one attached hydrogen (secondary N) is 1. The summed E-state index contributed by atoms with van der Waals surface area (Å²) in [5.74, 6) is 0. The first-order valence-electron chi connectivity index (χ1n) is 5.51. The van der Waals surface area contributed by atoms with E-state index in [1.165, 1.54) is 12.3 Å². The second-order valence-electron chi connectivity index (χ2n) is 3.69. The van der Waals surface area contributed by atoms with Gasteiger partial charge < -0.3 is 11.1 Å². The standard InChI is InChI=1S/C13H18ClN3OS/c1-10(2)19(18)12(7-5-4-6-8-15)13(16)11(14)9-17-3/h4-10,15H,3,16H2,1-2H3/b6-4-,7-5-,11-9+,13-12-,15-8?. The minimum Gasteiger partial charge on any atom is -0.396 e. The first-order chi connectivity index (χ1) is 8.95. The predicted octanol–water partition coefficient (Wildman–Crippen LogP) is 2.86. The average Bonchev–Trinajstić information content (AvgIpc) is 2.37. The van der Waals surface area contributed by atoms with Crippen LogP contribution in [0.2, 0.25) is 0 Å². The normalized spacial score (nSPS) is 15.9. The Morgan fingerprint density at radius 2 is 2.05 bits per heavy atom. The number of allylic oxidation sites excluding steroid dienone is 5. The molecular weight excluding hydrogens is 282 g/mol. The van der Waals surface area contributed by atoms with E-state index >= 15 is 0 Å². The molecule has 0 aliphatic rings. The van der Waals surface area contributed by atoms with Crippen LogP contribution in [0.3, 0.4) is 0 Å². The summed E-state index contributed by atoms with van der Waals surface area (Å²) in [4.78, 5) is 3.95. The highest BCUT2D eigenvalue weighted by atomic mass is 35.5. The van der Waals surface area contributed by atoms with E-state index in [0.29, 0.717) is 4.91 Å². The lowest BCUT2D eigenvalue weighted by atomic mass is 10.3. The molecule has 4 nitrogen and oxygen atoms in total. The molecule has 0 radical (unpaired) electrons. The minimum atomic E-state index is -1.28. The summed E-state index contributed by atoms with van der Waals surface area (Å²) in [6, 6.07) is 0. The van der Waals surface area contributed by atoms with Gasteiger partial charge >= 0.3 is 0 Å². The Labute approximate surface area is 121 Å². The Bertz CT molecular complexity index is 476. The van der Waals surface area contributed by atoms with Crippen LogP contribution in [0, 0.1) is 5.41 Å². The monoisotopic (exact) mass is 299 g/mol. The zero-order chi connectivity index (χ0) is 14.8. The van der Waals surface area contributed by atoms with Crippen molar-refractivity contribution in [1.29, 1.82) is 5.41 Å². The molecular formula is C13H18ClN3OS. The van der Waals surface area contributed by atoms with Crippen LogP contribution >= 0.6 is 11.6 Å². The SMILES string of the molecule is C=N\C=C(Cl)/C(N)=C(\C=C/C=C\C=N)S(=O)C(C)C. The van der Waals surface area contributed by atoms with Gasteiger partial charge in [0.1, 0.15) is 0 Å². The molecule has 0 amide bonds. The molecule has 19 heavy (non-hydrogen) atoms. The lowest BCUT2D eigenvalue weighted by molar-refractivity contribution is 0.681. The van der Waals surface area contributed by atoms with Gasteiger partial charge in [0.2, 0.25) is 0 Å². The number of hydrogen-bond donors (Lipinski definition) is 2. The molecule has 3 N–H and O–H groups in total. The van der Waals surface area contributed by atoms with Crippen molar-refractivity contribution in [3.63, 3.8) is 0 Å². The number of nitrogens with two attached hydrogens (primary N) is 1. The Kier molecular flexibility index (Phi) is 8.74. The fourth-order valence-electron chi connectivity index (χ4n) is 1.05. The number of nitrogens with zero attached hydrogens (tertiary/aromatic N) is 1. The largest absolute Gasteiger partial charge is 0.396 e. The molecule has 0 rings (SSSR count). The Hall–Kier alpha value is -1.46. The second-order valence-corrected chi connectivity index (χ2v) is 6.08. The number of aliphatic imine (C=N–C) groups is 1. The Morgan fingerprint density at radius 3 is 2.53 bits per heavy atom. The van der Waals surface area contributed by atoms with Gasteiger partial charge in [-0.05, 0) is 18.9 Å². The van der Waals surface area contributed by atoms with Gasteiger partial charge in [0.15, 0.2) is 0 Å². The summed E-state index contributed by atoms with van der Waals surface area (Å²) in [7, 11) is -1.28. The molecule has 0 saturated heterocycles. The first kappa shape index (κ1) is 17.5. The number of rotatable bonds is 7. The minimum absolute atomic E-state index is 0.0916. The van der Waals surface area contributed by atoms with Crippen molar-refractivity contribution in [2.75, 3.05) is 0 Å². The third-order valence-electron chi connectivity index (χ3n) is 1.94. The molecule has 104 valence electrons. The molecule has 1 atom stereocenters. The summed E-state index contributed by atoms with van der Waals surface area (Å²) in [5.41, 5.74) is 6.09. The van der Waals surface area contributed by atoms with Crippen LogP contribution in [0.15, 0.2) is 51.1 Å². The molecule has 0 spiro atoms. The molecule has 0 fully saturated rings. The number of hydrogen-bond acceptors (Lipinski definition) is 4. The molecule has 0 aliphatic heterocycles. The van der Waals surface area contributed by atoms with E-state index in [-0.39, 0.29) is 16.0 Å². The van der Waals surface area contributed by atoms with Gasteiger partial charge in [-0.1, -0.05) is 37.6 Å². The summed E-state index contributed by atoms with van der Waals surface area (Å²) in [6.07, 6.45) is 8.89. The van der Waals surface area contributed by atoms with Crippen molar-refractivity contribution in [3.8, 4) is 0 Å². The van der Waals surface area contributed by atoms with E-state index in [2.05, 4.69) is 11.7 Å². The first-order valence-corrected chi connectivity index (χ1v) is 7.10. The van der Waals surface area contributed by atoms with E-state index in [1.54, 1.807) is 18.2 Å². The van der Waals surface area contributed by atoms with Crippen LogP contribution in [-0.2, 0) is 10.8 Å². The number of halogens is 1. The van der Waals surface area contributed by atoms with Crippen molar-refractivity contribution >= 4 is 35.3 Å². The fourth-order valence-corrected chi connectivity index (χ4v) is 2.32. The van der Waals surface area contributed by atoms with Gasteiger partial charge in [-0.15, -0.1) is 0 Å². The molecule has 0 aliphatic carbocycles. The highest BCUT2D eigenvalue weighted by Crippen LogP contribution is 2.20. The highest BCUT2D eigenvalue weighted by molar-refractivity contribution is 7.89. The summed E-state index contributed by atoms with van der Waals surface area (Å²) >= 11 is 5.94. The molecule has 6 heteroatoms. The van der Waals surface area contributed by atoms with Crippen molar-refractivity contribution in [2.24, 2.45) is 10.7 Å². The lowest BCUT2D eigenvalue weighted by Crippen LogP contribution is -2.12. The molecule has 0 aromatic heterocycles. The zero-order valence-electron chi connectivity index (χ0n) is 11.0. The third-order valence-corrected chi connectivity index (χ3v) is 3.89. The lowest BCUT2D eigenvalue weighted by Gasteiger charge is -2.10. The Balaban J connectivity index is 5.57. The van der Waals surface area contributed by atoms with Gasteiger partial charge in [-0.25, -0.2) is 0 Å². The molecule has 0 heterocycles. The van der Waals surface area contributed by atoms with Gasteiger partial charge in [-0.3, -0.25) is 9.20 Å². The predicted molar refractivity (Wildman–Crippen MR) is 85.0 cm³/mol. The van der Waals surface area contributed by atoms with Crippen LogP contribution < -0.4 is 5.73 Å². The van der Waals surface area contributed by atoms with Gasteiger partial charge in [-0.2, -0.15) is 0 Å². The maximum Gasteiger partial charge on any atom is 0.0830 e. The van der Waals surface area contributed by atoms with E-state index in [1.807, 2.05) is 13.8 Å². The van der Waals surface area contributed by atoms with Gasteiger partial charge in [0.05, 0.1) is 26.4 Å². The van der Waals surface area contributed by atoms with Crippen molar-refractivity contribution in [3.05, 3.63) is 46.1 Å². The zero-order valence-corrected chi connectivity index (χ0v) is 12.5. The Morgan fingerprint density at radius 1 is 1.42 bits per heavy atom. The van der Waals surface area contributed by atoms with Gasteiger partial charge in [0.25, 0.3) is 0 Å². The summed E-state index contributed by atoms with van der Waals surface area (Å²) < 4.78 is 12.2. The molecule has 0 aromatic rings. The van der Waals surface area contributed by atoms with Crippen LogP contribution in [0.1, 0.15) is 13.8 Å². The second kappa shape index (κ2) is 9.47. The van der Waals surface area contributed by atoms with E-state index in [4.69, 9.17) is 22.7 Å². The van der Waals surface area contributed by atoms with Crippen LogP contribution in [0.5, 0.6) is 0 Å². The van der Waals surface area contributed by atoms with Crippen LogP contribution in [0.25, 0.3) is 0 Å². The fraction of sp³-hybridized carbons (Fsp3) is 0.231. The van der Waals surface area contributed by atoms with Crippen molar-refractivity contribution in [1.82, 2.24) is 0 Å². The van der Waals surface area contributed by atoms with Crippen molar-refractivity contribution in [2.45, 2.75) is 19.1 Å². The topological polar surface area (TPSA) is 79.3 Å². The van der Waals surface area contributed by atoms with Crippen LogP contribution in [0.4, 0.5) is 0 Å². The third kappa shape index (κ3) is 6.31. The molecule has 0 bridgehead atoms. The quantitative estimate of drug-likeness (QED) is 0.560. The van der Waals surface area contributed by atoms with Crippen LogP contribution in [-0.4, -0.2) is 22.4 Å². The van der Waals surface area contributed by atoms with E-state index in [0.717, 1.165) is 6.21 Å². The maximum absolute atomic E-state index is 12.2. The van der Waals surface area contributed by atoms with Crippen molar-refractivity contribution < 1.29 is 4.21 Å². The van der Waals surface area contributed by atoms with Gasteiger partial charge in [0, 0.05) is 17.7 Å². The van der Waals surface area contributed by atoms with E-state index in [9.17, 15) is 4.21 Å². The summed E-state index contributed by atoms with van der Waals surface area (Å²) in [6.45, 7) is 6.94. The highest BCUT2D eigenvalue weighted by Gasteiger charge is 2.14. The average molecular weight is 300 g/mol. The molecule has 0 aromatic carbocycles. The summed E-state index contributed by atoms with van der Waals surface area (Å²) in [5, 5.41) is 6.96. The smallest absolute Gasteiger partial charge is 0.0830 e. The molecule has 0 saturated carbocycles. The van der Waals surface area contributed by atoms with E-state index < -0.39 is 10.8 Å².